The number of anilines is 1. The van der Waals surface area contributed by atoms with Crippen molar-refractivity contribution in [2.45, 2.75) is 37.4 Å². The van der Waals surface area contributed by atoms with Crippen molar-refractivity contribution in [1.82, 2.24) is 30.1 Å². The van der Waals surface area contributed by atoms with Gasteiger partial charge in [0, 0.05) is 42.9 Å². The largest absolute Gasteiger partial charge is 0.394 e. The zero-order chi connectivity index (χ0) is 22.4. The smallest absolute Gasteiger partial charge is 0.272 e. The van der Waals surface area contributed by atoms with Crippen molar-refractivity contribution in [2.75, 3.05) is 24.6 Å². The molecule has 3 aromatic rings. The molecular weight excluding hydrogens is 418 g/mol. The molecule has 3 fully saturated rings. The van der Waals surface area contributed by atoms with E-state index in [0.29, 0.717) is 29.6 Å². The van der Waals surface area contributed by atoms with Crippen LogP contribution in [0.25, 0.3) is 0 Å². The van der Waals surface area contributed by atoms with E-state index in [9.17, 15) is 9.90 Å². The Morgan fingerprint density at radius 2 is 1.82 bits per heavy atom. The molecule has 0 radical (unpaired) electrons. The lowest BCUT2D eigenvalue weighted by atomic mass is 10.0. The molecule has 9 nitrogen and oxygen atoms in total. The number of hydrogen-bond acceptors (Lipinski definition) is 7. The van der Waals surface area contributed by atoms with Gasteiger partial charge in [-0.25, -0.2) is 4.68 Å². The van der Waals surface area contributed by atoms with Crippen LogP contribution in [0.15, 0.2) is 55.0 Å². The van der Waals surface area contributed by atoms with Crippen molar-refractivity contribution in [3.8, 4) is 0 Å². The molecular formula is C24H27N7O2. The summed E-state index contributed by atoms with van der Waals surface area (Å²) in [5.41, 5.74) is 2.75. The van der Waals surface area contributed by atoms with Crippen molar-refractivity contribution in [3.05, 3.63) is 66.2 Å². The van der Waals surface area contributed by atoms with Crippen LogP contribution in [0.2, 0.25) is 0 Å². The van der Waals surface area contributed by atoms with Gasteiger partial charge in [0.1, 0.15) is 12.0 Å². The second-order valence-corrected chi connectivity index (χ2v) is 9.38. The molecule has 4 heterocycles. The van der Waals surface area contributed by atoms with Gasteiger partial charge in [-0.15, -0.1) is 5.10 Å². The SMILES string of the molecule is O=C(c1ccc(C[C@@H]2CC[C@H](CO)N2c2ccccc2)cn1)N1C[C@@H]2C(n3cnnn3)[C@H]2C1. The first-order valence-electron chi connectivity index (χ1n) is 11.6. The van der Waals surface area contributed by atoms with E-state index in [1.807, 2.05) is 46.1 Å². The second-order valence-electron chi connectivity index (χ2n) is 9.38. The first-order valence-corrected chi connectivity index (χ1v) is 11.6. The third-order valence-electron chi connectivity index (χ3n) is 7.51. The summed E-state index contributed by atoms with van der Waals surface area (Å²) in [4.78, 5) is 21.7. The van der Waals surface area contributed by atoms with Crippen LogP contribution in [0.3, 0.4) is 0 Å². The van der Waals surface area contributed by atoms with Crippen molar-refractivity contribution < 1.29 is 9.90 Å². The Hall–Kier alpha value is -3.33. The number of aliphatic hydroxyl groups is 1. The number of carbonyl (C=O) groups excluding carboxylic acids is 1. The minimum absolute atomic E-state index is 0.00339. The number of amides is 1. The number of aromatic nitrogens is 5. The molecule has 2 aromatic heterocycles. The number of likely N-dealkylation sites (tertiary alicyclic amines) is 1. The van der Waals surface area contributed by atoms with E-state index >= 15 is 0 Å². The maximum atomic E-state index is 13.0. The maximum absolute atomic E-state index is 13.0. The van der Waals surface area contributed by atoms with Crippen molar-refractivity contribution in [1.29, 1.82) is 0 Å². The molecule has 0 spiro atoms. The van der Waals surface area contributed by atoms with Crippen LogP contribution in [0.5, 0.6) is 0 Å². The van der Waals surface area contributed by atoms with Gasteiger partial charge in [0.05, 0.1) is 18.7 Å². The van der Waals surface area contributed by atoms with E-state index in [0.717, 1.165) is 43.6 Å². The molecule has 0 bridgehead atoms. The number of rotatable bonds is 6. The molecule has 1 N–H and O–H groups in total. The number of pyridine rings is 1. The standard InChI is InChI=1S/C24H27N7O2/c32-14-19-8-7-18(31(19)17-4-2-1-3-5-17)10-16-6-9-22(25-11-16)24(33)29-12-20-21(13-29)23(20)30-15-26-27-28-30/h1-6,9,11,15,18-21,23,32H,7-8,10,12-14H2/t18-,19+,20-,21-/m0/s1. The molecule has 1 aliphatic carbocycles. The van der Waals surface area contributed by atoms with E-state index in [2.05, 4.69) is 37.5 Å². The molecule has 1 amide bonds. The zero-order valence-electron chi connectivity index (χ0n) is 18.3. The molecule has 170 valence electrons. The molecule has 33 heavy (non-hydrogen) atoms. The van der Waals surface area contributed by atoms with E-state index < -0.39 is 0 Å². The lowest BCUT2D eigenvalue weighted by Gasteiger charge is -2.32. The molecule has 4 atom stereocenters. The normalized spacial score (nSPS) is 28.2. The summed E-state index contributed by atoms with van der Waals surface area (Å²) in [7, 11) is 0. The number of hydrogen-bond donors (Lipinski definition) is 1. The minimum atomic E-state index is -0.00339. The van der Waals surface area contributed by atoms with Gasteiger partial charge in [-0.05, 0) is 53.5 Å². The van der Waals surface area contributed by atoms with E-state index in [1.165, 1.54) is 0 Å². The topological polar surface area (TPSA) is 100 Å². The maximum Gasteiger partial charge on any atom is 0.272 e. The number of tetrazole rings is 1. The Balaban J connectivity index is 1.09. The van der Waals surface area contributed by atoms with Gasteiger partial charge in [-0.1, -0.05) is 24.3 Å². The molecule has 2 saturated heterocycles. The summed E-state index contributed by atoms with van der Waals surface area (Å²) in [6.45, 7) is 1.62. The fourth-order valence-electron chi connectivity index (χ4n) is 5.83. The number of aliphatic hydroxyl groups excluding tert-OH is 1. The van der Waals surface area contributed by atoms with Crippen LogP contribution >= 0.6 is 0 Å². The lowest BCUT2D eigenvalue weighted by molar-refractivity contribution is 0.0761. The monoisotopic (exact) mass is 445 g/mol. The fraction of sp³-hybridized carbons (Fsp3) is 0.458. The van der Waals surface area contributed by atoms with Gasteiger partial charge in [0.15, 0.2) is 0 Å². The highest BCUT2D eigenvalue weighted by Crippen LogP contribution is 2.54. The fourth-order valence-corrected chi connectivity index (χ4v) is 5.83. The van der Waals surface area contributed by atoms with Gasteiger partial charge in [-0.2, -0.15) is 0 Å². The average molecular weight is 446 g/mol. The zero-order valence-corrected chi connectivity index (χ0v) is 18.3. The Labute approximate surface area is 192 Å². The number of piperidine rings is 1. The number of carbonyl (C=O) groups is 1. The number of benzene rings is 1. The summed E-state index contributed by atoms with van der Waals surface area (Å²) in [5.74, 6) is 0.862. The first-order chi connectivity index (χ1) is 16.2. The van der Waals surface area contributed by atoms with Gasteiger partial charge >= 0.3 is 0 Å². The van der Waals surface area contributed by atoms with Crippen molar-refractivity contribution >= 4 is 11.6 Å². The minimum Gasteiger partial charge on any atom is -0.394 e. The highest BCUT2D eigenvalue weighted by atomic mass is 16.3. The number of para-hydroxylation sites is 1. The summed E-state index contributed by atoms with van der Waals surface area (Å²) < 4.78 is 1.81. The molecule has 1 aromatic carbocycles. The Morgan fingerprint density at radius 3 is 2.48 bits per heavy atom. The molecule has 0 unspecified atom stereocenters. The first kappa shape index (κ1) is 20.3. The third kappa shape index (κ3) is 3.66. The Kier molecular flexibility index (Phi) is 5.05. The lowest BCUT2D eigenvalue weighted by Crippen LogP contribution is -2.39. The van der Waals surface area contributed by atoms with Gasteiger partial charge in [0.2, 0.25) is 0 Å². The van der Waals surface area contributed by atoms with E-state index in [-0.39, 0.29) is 18.6 Å². The van der Waals surface area contributed by atoms with Crippen molar-refractivity contribution in [2.24, 2.45) is 11.8 Å². The summed E-state index contributed by atoms with van der Waals surface area (Å²) in [6.07, 6.45) is 6.34. The number of nitrogens with zero attached hydrogens (tertiary/aromatic N) is 7. The van der Waals surface area contributed by atoms with Gasteiger partial charge < -0.3 is 14.9 Å². The van der Waals surface area contributed by atoms with Gasteiger partial charge in [0.25, 0.3) is 5.91 Å². The predicted molar refractivity (Wildman–Crippen MR) is 120 cm³/mol. The predicted octanol–water partition coefficient (Wildman–Crippen LogP) is 1.58. The number of fused-ring (bicyclic) bond motifs is 1. The highest BCUT2D eigenvalue weighted by molar-refractivity contribution is 5.92. The van der Waals surface area contributed by atoms with Crippen LogP contribution in [0.1, 0.15) is 34.9 Å². The Bertz CT molecular complexity index is 1090. The summed E-state index contributed by atoms with van der Waals surface area (Å²) in [6, 6.07) is 14.9. The highest BCUT2D eigenvalue weighted by Gasteiger charge is 2.58. The van der Waals surface area contributed by atoms with Gasteiger partial charge in [-0.3, -0.25) is 9.78 Å². The summed E-state index contributed by atoms with van der Waals surface area (Å²) >= 11 is 0. The van der Waals surface area contributed by atoms with Crippen LogP contribution in [0, 0.1) is 11.8 Å². The van der Waals surface area contributed by atoms with Crippen LogP contribution < -0.4 is 4.90 Å². The van der Waals surface area contributed by atoms with E-state index in [4.69, 9.17) is 0 Å². The molecule has 6 rings (SSSR count). The van der Waals surface area contributed by atoms with Crippen LogP contribution in [-0.2, 0) is 6.42 Å². The second kappa shape index (κ2) is 8.22. The van der Waals surface area contributed by atoms with Crippen LogP contribution in [0.4, 0.5) is 5.69 Å². The molecule has 9 heteroatoms. The van der Waals surface area contributed by atoms with E-state index in [1.54, 1.807) is 6.33 Å². The van der Waals surface area contributed by atoms with Crippen LogP contribution in [-0.4, -0.2) is 72.9 Å². The quantitative estimate of drug-likeness (QED) is 0.615. The summed E-state index contributed by atoms with van der Waals surface area (Å²) in [5, 5.41) is 21.3. The molecule has 3 aliphatic rings. The molecule has 1 saturated carbocycles. The average Bonchev–Trinajstić information content (AvgIpc) is 3.35. The van der Waals surface area contributed by atoms with Crippen molar-refractivity contribution in [3.63, 3.8) is 0 Å². The molecule has 2 aliphatic heterocycles. The third-order valence-corrected chi connectivity index (χ3v) is 7.51. The Morgan fingerprint density at radius 1 is 1.03 bits per heavy atom.